The van der Waals surface area contributed by atoms with Crippen LogP contribution in [-0.4, -0.2) is 26.8 Å². The Kier molecular flexibility index (Phi) is 4.74. The van der Waals surface area contributed by atoms with Gasteiger partial charge < -0.3 is 19.6 Å². The lowest BCUT2D eigenvalue weighted by molar-refractivity contribution is 0.0686. The molecular weight excluding hydrogens is 374 g/mol. The topological polar surface area (TPSA) is 107 Å². The van der Waals surface area contributed by atoms with Crippen molar-refractivity contribution in [2.45, 2.75) is 6.61 Å². The van der Waals surface area contributed by atoms with E-state index in [9.17, 15) is 14.7 Å². The fourth-order valence-electron chi connectivity index (χ4n) is 3.01. The SMILES string of the molecule is Cn1ncc(NC(=O)c2ccc(COc3cccc4ccccc34)o2)c1C(=O)O. The number of hydrogen-bond donors (Lipinski definition) is 2. The van der Waals surface area contributed by atoms with Gasteiger partial charge in [-0.2, -0.15) is 5.10 Å². The summed E-state index contributed by atoms with van der Waals surface area (Å²) in [5.41, 5.74) is -0.0284. The van der Waals surface area contributed by atoms with Gasteiger partial charge in [0.2, 0.25) is 0 Å². The van der Waals surface area contributed by atoms with Crippen molar-refractivity contribution in [3.8, 4) is 5.75 Å². The van der Waals surface area contributed by atoms with E-state index in [0.717, 1.165) is 10.8 Å². The maximum atomic E-state index is 12.4. The summed E-state index contributed by atoms with van der Waals surface area (Å²) in [5, 5.41) is 17.6. The Morgan fingerprint density at radius 1 is 1.14 bits per heavy atom. The highest BCUT2D eigenvalue weighted by molar-refractivity contribution is 6.05. The number of aromatic carboxylic acids is 1. The van der Waals surface area contributed by atoms with Gasteiger partial charge in [0.1, 0.15) is 18.1 Å². The molecule has 0 aliphatic carbocycles. The maximum Gasteiger partial charge on any atom is 0.356 e. The molecule has 0 fully saturated rings. The Hall–Kier alpha value is -4.07. The average molecular weight is 391 g/mol. The first-order chi connectivity index (χ1) is 14.0. The van der Waals surface area contributed by atoms with E-state index in [2.05, 4.69) is 10.4 Å². The number of hydrogen-bond acceptors (Lipinski definition) is 5. The highest BCUT2D eigenvalue weighted by Gasteiger charge is 2.20. The zero-order valence-corrected chi connectivity index (χ0v) is 15.5. The Bertz CT molecular complexity index is 1200. The fraction of sp³-hybridized carbons (Fsp3) is 0.0952. The van der Waals surface area contributed by atoms with Gasteiger partial charge >= 0.3 is 5.97 Å². The minimum absolute atomic E-state index is 0.0433. The van der Waals surface area contributed by atoms with Crippen molar-refractivity contribution in [1.29, 1.82) is 0 Å². The maximum absolute atomic E-state index is 12.4. The lowest BCUT2D eigenvalue weighted by Gasteiger charge is -2.08. The molecule has 2 aromatic carbocycles. The summed E-state index contributed by atoms with van der Waals surface area (Å²) in [5.74, 6) is -0.540. The minimum atomic E-state index is -1.19. The minimum Gasteiger partial charge on any atom is -0.485 e. The van der Waals surface area contributed by atoms with Gasteiger partial charge in [-0.1, -0.05) is 36.4 Å². The largest absolute Gasteiger partial charge is 0.485 e. The van der Waals surface area contributed by atoms with Gasteiger partial charge in [-0.15, -0.1) is 0 Å². The van der Waals surface area contributed by atoms with Gasteiger partial charge in [-0.3, -0.25) is 9.48 Å². The molecule has 0 aliphatic rings. The third-order valence-corrected chi connectivity index (χ3v) is 4.39. The van der Waals surface area contributed by atoms with Crippen molar-refractivity contribution >= 4 is 28.3 Å². The number of nitrogens with one attached hydrogen (secondary N) is 1. The molecule has 0 saturated heterocycles. The lowest BCUT2D eigenvalue weighted by atomic mass is 10.1. The van der Waals surface area contributed by atoms with Crippen molar-refractivity contribution in [3.05, 3.63) is 78.0 Å². The summed E-state index contributed by atoms with van der Waals surface area (Å²) in [7, 11) is 1.48. The van der Waals surface area contributed by atoms with Crippen LogP contribution in [0.3, 0.4) is 0 Å². The number of benzene rings is 2. The van der Waals surface area contributed by atoms with Crippen LogP contribution in [0.15, 0.2) is 65.2 Å². The Labute approximate surface area is 165 Å². The number of fused-ring (bicyclic) bond motifs is 1. The van der Waals surface area contributed by atoms with E-state index in [1.165, 1.54) is 24.0 Å². The van der Waals surface area contributed by atoms with Crippen LogP contribution in [0.4, 0.5) is 5.69 Å². The summed E-state index contributed by atoms with van der Waals surface area (Å²) >= 11 is 0. The number of furan rings is 1. The molecule has 8 heteroatoms. The number of nitrogens with zero attached hydrogens (tertiary/aromatic N) is 2. The van der Waals surface area contributed by atoms with Crippen molar-refractivity contribution in [2.75, 3.05) is 5.32 Å². The predicted molar refractivity (Wildman–Crippen MR) is 105 cm³/mol. The highest BCUT2D eigenvalue weighted by atomic mass is 16.5. The normalized spacial score (nSPS) is 10.8. The van der Waals surface area contributed by atoms with Gasteiger partial charge in [0, 0.05) is 12.4 Å². The Balaban J connectivity index is 1.46. The summed E-state index contributed by atoms with van der Waals surface area (Å²) in [4.78, 5) is 23.7. The molecule has 146 valence electrons. The second-order valence-electron chi connectivity index (χ2n) is 6.32. The molecule has 8 nitrogen and oxygen atoms in total. The number of ether oxygens (including phenoxy) is 1. The van der Waals surface area contributed by atoms with Crippen LogP contribution in [-0.2, 0) is 13.7 Å². The van der Waals surface area contributed by atoms with E-state index in [1.807, 2.05) is 42.5 Å². The molecule has 1 amide bonds. The standard InChI is InChI=1S/C21H17N3O5/c1-24-19(21(26)27)16(11-22-24)23-20(25)18-10-9-14(29-18)12-28-17-8-4-6-13-5-2-3-7-15(13)17/h2-11H,12H2,1H3,(H,23,25)(H,26,27). The average Bonchev–Trinajstić information content (AvgIpc) is 3.33. The summed E-state index contributed by atoms with van der Waals surface area (Å²) < 4.78 is 12.6. The molecule has 2 aromatic heterocycles. The van der Waals surface area contributed by atoms with Crippen molar-refractivity contribution in [1.82, 2.24) is 9.78 Å². The van der Waals surface area contributed by atoms with E-state index in [-0.39, 0.29) is 23.7 Å². The van der Waals surface area contributed by atoms with Crippen LogP contribution in [0.5, 0.6) is 5.75 Å². The molecular formula is C21H17N3O5. The number of carboxylic acids is 1. The molecule has 4 aromatic rings. The molecule has 2 heterocycles. The first-order valence-corrected chi connectivity index (χ1v) is 8.79. The molecule has 0 unspecified atom stereocenters. The van der Waals surface area contributed by atoms with Gasteiger partial charge in [0.05, 0.1) is 11.9 Å². The zero-order valence-electron chi connectivity index (χ0n) is 15.5. The predicted octanol–water partition coefficient (Wildman–Crippen LogP) is 3.70. The van der Waals surface area contributed by atoms with E-state index < -0.39 is 11.9 Å². The van der Waals surface area contributed by atoms with Gasteiger partial charge in [0.15, 0.2) is 11.5 Å². The molecule has 29 heavy (non-hydrogen) atoms. The molecule has 0 spiro atoms. The van der Waals surface area contributed by atoms with Crippen molar-refractivity contribution in [3.63, 3.8) is 0 Å². The van der Waals surface area contributed by atoms with E-state index >= 15 is 0 Å². The first-order valence-electron chi connectivity index (χ1n) is 8.79. The first kappa shape index (κ1) is 18.3. The Morgan fingerprint density at radius 2 is 1.93 bits per heavy atom. The third-order valence-electron chi connectivity index (χ3n) is 4.39. The molecule has 0 aliphatic heterocycles. The Morgan fingerprint density at radius 3 is 2.76 bits per heavy atom. The summed E-state index contributed by atoms with van der Waals surface area (Å²) in [6, 6.07) is 16.8. The molecule has 2 N–H and O–H groups in total. The van der Waals surface area contributed by atoms with Crippen LogP contribution < -0.4 is 10.1 Å². The molecule has 0 bridgehead atoms. The van der Waals surface area contributed by atoms with Crippen LogP contribution in [0.1, 0.15) is 26.8 Å². The van der Waals surface area contributed by atoms with E-state index in [0.29, 0.717) is 11.5 Å². The van der Waals surface area contributed by atoms with Gasteiger partial charge in [0.25, 0.3) is 5.91 Å². The number of rotatable bonds is 6. The van der Waals surface area contributed by atoms with Crippen LogP contribution in [0.2, 0.25) is 0 Å². The number of carbonyl (C=O) groups is 2. The monoisotopic (exact) mass is 391 g/mol. The fourth-order valence-corrected chi connectivity index (χ4v) is 3.01. The van der Waals surface area contributed by atoms with Gasteiger partial charge in [-0.25, -0.2) is 4.79 Å². The number of anilines is 1. The quantitative estimate of drug-likeness (QED) is 0.519. The second kappa shape index (κ2) is 7.51. The lowest BCUT2D eigenvalue weighted by Crippen LogP contribution is -2.15. The number of carboxylic acid groups (broad SMARTS) is 1. The van der Waals surface area contributed by atoms with Crippen molar-refractivity contribution < 1.29 is 23.8 Å². The molecule has 4 rings (SSSR count). The third kappa shape index (κ3) is 3.68. The summed E-state index contributed by atoms with van der Waals surface area (Å²) in [6.45, 7) is 0.147. The number of amides is 1. The van der Waals surface area contributed by atoms with Crippen LogP contribution in [0, 0.1) is 0 Å². The molecule has 0 saturated carbocycles. The number of aromatic nitrogens is 2. The number of carbonyl (C=O) groups excluding carboxylic acids is 1. The molecule has 0 radical (unpaired) electrons. The van der Waals surface area contributed by atoms with Crippen molar-refractivity contribution in [2.24, 2.45) is 7.05 Å². The van der Waals surface area contributed by atoms with Gasteiger partial charge in [-0.05, 0) is 23.6 Å². The zero-order chi connectivity index (χ0) is 20.4. The second-order valence-corrected chi connectivity index (χ2v) is 6.32. The smallest absolute Gasteiger partial charge is 0.356 e. The highest BCUT2D eigenvalue weighted by Crippen LogP contribution is 2.26. The van der Waals surface area contributed by atoms with Crippen LogP contribution >= 0.6 is 0 Å². The van der Waals surface area contributed by atoms with Crippen LogP contribution in [0.25, 0.3) is 10.8 Å². The van der Waals surface area contributed by atoms with E-state index in [4.69, 9.17) is 9.15 Å². The summed E-state index contributed by atoms with van der Waals surface area (Å²) in [6.07, 6.45) is 1.27. The van der Waals surface area contributed by atoms with E-state index in [1.54, 1.807) is 6.07 Å². The molecule has 0 atom stereocenters. The number of aryl methyl sites for hydroxylation is 1.